The molecule has 0 aliphatic rings. The summed E-state index contributed by atoms with van der Waals surface area (Å²) in [5, 5.41) is 3.96. The number of halogens is 1. The number of aromatic nitrogens is 2. The first kappa shape index (κ1) is 14.0. The van der Waals surface area contributed by atoms with E-state index in [2.05, 4.69) is 5.10 Å². The van der Waals surface area contributed by atoms with E-state index in [0.29, 0.717) is 11.4 Å². The van der Waals surface area contributed by atoms with Crippen LogP contribution in [0.2, 0.25) is 0 Å². The van der Waals surface area contributed by atoms with Crippen molar-refractivity contribution >= 4 is 11.6 Å². The van der Waals surface area contributed by atoms with Crippen LogP contribution in [-0.2, 0) is 7.05 Å². The zero-order chi connectivity index (χ0) is 14.9. The van der Waals surface area contributed by atoms with Gasteiger partial charge in [-0.15, -0.1) is 0 Å². The van der Waals surface area contributed by atoms with Gasteiger partial charge in [0.2, 0.25) is 0 Å². The van der Waals surface area contributed by atoms with Gasteiger partial charge in [0.15, 0.2) is 0 Å². The van der Waals surface area contributed by atoms with Gasteiger partial charge in [-0.1, -0.05) is 12.1 Å². The molecule has 1 aromatic heterocycles. The lowest BCUT2D eigenvalue weighted by atomic mass is 10.1. The van der Waals surface area contributed by atoms with Crippen LogP contribution in [0.5, 0.6) is 0 Å². The first-order valence-electron chi connectivity index (χ1n) is 6.22. The number of amides is 1. The molecule has 1 amide bonds. The molecule has 2 rings (SSSR count). The van der Waals surface area contributed by atoms with Crippen LogP contribution in [-0.4, -0.2) is 27.6 Å². The summed E-state index contributed by atoms with van der Waals surface area (Å²) in [6.45, 7) is 1.87. The van der Waals surface area contributed by atoms with Crippen molar-refractivity contribution in [3.63, 3.8) is 0 Å². The summed E-state index contributed by atoms with van der Waals surface area (Å²) in [7, 11) is 3.35. The van der Waals surface area contributed by atoms with Crippen LogP contribution in [0.1, 0.15) is 29.0 Å². The quantitative estimate of drug-likeness (QED) is 0.932. The molecule has 1 atom stereocenters. The van der Waals surface area contributed by atoms with E-state index in [1.807, 2.05) is 6.92 Å². The Morgan fingerprint density at radius 2 is 2.00 bits per heavy atom. The van der Waals surface area contributed by atoms with Crippen molar-refractivity contribution in [1.29, 1.82) is 0 Å². The van der Waals surface area contributed by atoms with E-state index in [0.717, 1.165) is 5.56 Å². The highest BCUT2D eigenvalue weighted by molar-refractivity contribution is 5.97. The standard InChI is InChI=1S/C14H17FN4O/c1-9(10-4-6-11(15)7-5-10)18(2)14(20)13-12(16)8-17-19(13)3/h4-9H,16H2,1-3H3. The molecule has 2 N–H and O–H groups in total. The van der Waals surface area contributed by atoms with Crippen LogP contribution >= 0.6 is 0 Å². The largest absolute Gasteiger partial charge is 0.396 e. The van der Waals surface area contributed by atoms with Crippen molar-refractivity contribution in [3.8, 4) is 0 Å². The molecule has 1 unspecified atom stereocenters. The van der Waals surface area contributed by atoms with Crippen molar-refractivity contribution in [3.05, 3.63) is 47.5 Å². The fraction of sp³-hybridized carbons (Fsp3) is 0.286. The number of carbonyl (C=O) groups is 1. The molecule has 0 saturated heterocycles. The van der Waals surface area contributed by atoms with E-state index in [9.17, 15) is 9.18 Å². The molecule has 20 heavy (non-hydrogen) atoms. The minimum absolute atomic E-state index is 0.197. The molecule has 6 heteroatoms. The van der Waals surface area contributed by atoms with Crippen LogP contribution in [0.3, 0.4) is 0 Å². The summed E-state index contributed by atoms with van der Waals surface area (Å²) < 4.78 is 14.4. The second-order valence-corrected chi connectivity index (χ2v) is 4.72. The van der Waals surface area contributed by atoms with Gasteiger partial charge in [-0.3, -0.25) is 9.48 Å². The van der Waals surface area contributed by atoms with Gasteiger partial charge in [0, 0.05) is 14.1 Å². The highest BCUT2D eigenvalue weighted by atomic mass is 19.1. The van der Waals surface area contributed by atoms with E-state index < -0.39 is 0 Å². The Morgan fingerprint density at radius 1 is 1.40 bits per heavy atom. The SMILES string of the molecule is CC(c1ccc(F)cc1)N(C)C(=O)c1c(N)cnn1C. The van der Waals surface area contributed by atoms with E-state index >= 15 is 0 Å². The summed E-state index contributed by atoms with van der Waals surface area (Å²) >= 11 is 0. The van der Waals surface area contributed by atoms with Crippen molar-refractivity contribution in [2.24, 2.45) is 7.05 Å². The molecule has 106 valence electrons. The van der Waals surface area contributed by atoms with Crippen LogP contribution in [0.15, 0.2) is 30.5 Å². The molecular weight excluding hydrogens is 259 g/mol. The minimum atomic E-state index is -0.300. The predicted octanol–water partition coefficient (Wildman–Crippen LogP) is 1.97. The molecule has 1 aromatic carbocycles. The third-order valence-corrected chi connectivity index (χ3v) is 3.42. The Kier molecular flexibility index (Phi) is 3.74. The van der Waals surface area contributed by atoms with Gasteiger partial charge in [-0.05, 0) is 24.6 Å². The first-order valence-corrected chi connectivity index (χ1v) is 6.22. The van der Waals surface area contributed by atoms with Gasteiger partial charge in [0.05, 0.1) is 17.9 Å². The smallest absolute Gasteiger partial charge is 0.274 e. The maximum atomic E-state index is 12.9. The number of anilines is 1. The Balaban J connectivity index is 2.24. The molecule has 5 nitrogen and oxygen atoms in total. The molecule has 0 spiro atoms. The fourth-order valence-corrected chi connectivity index (χ4v) is 2.02. The molecule has 0 aliphatic heterocycles. The number of hydrogen-bond donors (Lipinski definition) is 1. The van der Waals surface area contributed by atoms with Gasteiger partial charge >= 0.3 is 0 Å². The van der Waals surface area contributed by atoms with Crippen molar-refractivity contribution in [2.45, 2.75) is 13.0 Å². The third-order valence-electron chi connectivity index (χ3n) is 3.42. The monoisotopic (exact) mass is 276 g/mol. The average Bonchev–Trinajstić information content (AvgIpc) is 2.76. The molecule has 2 aromatic rings. The van der Waals surface area contributed by atoms with Gasteiger partial charge in [-0.2, -0.15) is 5.10 Å². The van der Waals surface area contributed by atoms with Crippen LogP contribution in [0.4, 0.5) is 10.1 Å². The number of benzene rings is 1. The fourth-order valence-electron chi connectivity index (χ4n) is 2.02. The summed E-state index contributed by atoms with van der Waals surface area (Å²) in [5.41, 5.74) is 7.30. The Bertz CT molecular complexity index is 601. The first-order chi connectivity index (χ1) is 9.41. The lowest BCUT2D eigenvalue weighted by Gasteiger charge is -2.25. The predicted molar refractivity (Wildman–Crippen MR) is 74.5 cm³/mol. The van der Waals surface area contributed by atoms with Gasteiger partial charge in [0.25, 0.3) is 5.91 Å². The van der Waals surface area contributed by atoms with E-state index in [1.165, 1.54) is 23.0 Å². The zero-order valence-corrected chi connectivity index (χ0v) is 11.7. The topological polar surface area (TPSA) is 64.2 Å². The lowest BCUT2D eigenvalue weighted by Crippen LogP contribution is -2.31. The number of carbonyl (C=O) groups excluding carboxylic acids is 1. The molecule has 0 fully saturated rings. The zero-order valence-electron chi connectivity index (χ0n) is 11.7. The lowest BCUT2D eigenvalue weighted by molar-refractivity contribution is 0.0732. The Hall–Kier alpha value is -2.37. The number of nitrogen functional groups attached to an aromatic ring is 1. The van der Waals surface area contributed by atoms with Crippen molar-refractivity contribution < 1.29 is 9.18 Å². The summed E-state index contributed by atoms with van der Waals surface area (Å²) in [6.07, 6.45) is 1.45. The second kappa shape index (κ2) is 5.32. The molecule has 0 radical (unpaired) electrons. The summed E-state index contributed by atoms with van der Waals surface area (Å²) in [5.74, 6) is -0.523. The Labute approximate surface area is 116 Å². The number of hydrogen-bond acceptors (Lipinski definition) is 3. The average molecular weight is 276 g/mol. The highest BCUT2D eigenvalue weighted by Gasteiger charge is 2.23. The maximum Gasteiger partial charge on any atom is 0.274 e. The van der Waals surface area contributed by atoms with E-state index in [4.69, 9.17) is 5.73 Å². The number of aryl methyl sites for hydroxylation is 1. The van der Waals surface area contributed by atoms with Crippen molar-refractivity contribution in [2.75, 3.05) is 12.8 Å². The van der Waals surface area contributed by atoms with E-state index in [-0.39, 0.29) is 17.8 Å². The highest BCUT2D eigenvalue weighted by Crippen LogP contribution is 2.22. The summed E-state index contributed by atoms with van der Waals surface area (Å²) in [6, 6.07) is 5.88. The van der Waals surface area contributed by atoms with Gasteiger partial charge < -0.3 is 10.6 Å². The normalized spacial score (nSPS) is 12.2. The van der Waals surface area contributed by atoms with Gasteiger partial charge in [0.1, 0.15) is 11.5 Å². The molecule has 1 heterocycles. The second-order valence-electron chi connectivity index (χ2n) is 4.72. The van der Waals surface area contributed by atoms with Gasteiger partial charge in [-0.25, -0.2) is 4.39 Å². The summed E-state index contributed by atoms with van der Waals surface area (Å²) in [4.78, 5) is 14.0. The number of nitrogens with two attached hydrogens (primary N) is 1. The molecule has 0 aliphatic carbocycles. The molecule has 0 saturated carbocycles. The van der Waals surface area contributed by atoms with Crippen LogP contribution in [0, 0.1) is 5.82 Å². The number of rotatable bonds is 3. The maximum absolute atomic E-state index is 12.9. The van der Waals surface area contributed by atoms with Crippen molar-refractivity contribution in [1.82, 2.24) is 14.7 Å². The Morgan fingerprint density at radius 3 is 2.50 bits per heavy atom. The molecule has 0 bridgehead atoms. The molecular formula is C14H17FN4O. The third kappa shape index (κ3) is 2.49. The minimum Gasteiger partial charge on any atom is -0.396 e. The van der Waals surface area contributed by atoms with Crippen LogP contribution in [0.25, 0.3) is 0 Å². The van der Waals surface area contributed by atoms with E-state index in [1.54, 1.807) is 31.1 Å². The number of nitrogens with zero attached hydrogens (tertiary/aromatic N) is 3. The van der Waals surface area contributed by atoms with Crippen LogP contribution < -0.4 is 5.73 Å².